The predicted molar refractivity (Wildman–Crippen MR) is 55.3 cm³/mol. The lowest BCUT2D eigenvalue weighted by atomic mass is 10.2. The molecule has 80 valence electrons. The van der Waals surface area contributed by atoms with Crippen molar-refractivity contribution in [1.29, 1.82) is 0 Å². The van der Waals surface area contributed by atoms with Gasteiger partial charge in [0.05, 0.1) is 5.56 Å². The standard InChI is InChI=1S/C12H14O3/c13-11(10-6-2-1-3-7-10)15-12(14)8-4-5-9-12/h1-3,6-7,14H,4-5,8-9H2. The summed E-state index contributed by atoms with van der Waals surface area (Å²) < 4.78 is 5.10. The van der Waals surface area contributed by atoms with E-state index in [1.54, 1.807) is 24.3 Å². The number of benzene rings is 1. The largest absolute Gasteiger partial charge is 0.430 e. The van der Waals surface area contributed by atoms with Gasteiger partial charge in [0.15, 0.2) is 0 Å². The first-order valence-corrected chi connectivity index (χ1v) is 5.20. The maximum atomic E-state index is 11.6. The van der Waals surface area contributed by atoms with Crippen molar-refractivity contribution in [2.75, 3.05) is 0 Å². The van der Waals surface area contributed by atoms with E-state index in [0.29, 0.717) is 18.4 Å². The summed E-state index contributed by atoms with van der Waals surface area (Å²) in [5.41, 5.74) is 0.484. The van der Waals surface area contributed by atoms with Crippen molar-refractivity contribution in [2.24, 2.45) is 0 Å². The van der Waals surface area contributed by atoms with Crippen LogP contribution in [0.1, 0.15) is 36.0 Å². The van der Waals surface area contributed by atoms with Gasteiger partial charge in [-0.1, -0.05) is 18.2 Å². The van der Waals surface area contributed by atoms with Gasteiger partial charge in [0.1, 0.15) is 0 Å². The predicted octanol–water partition coefficient (Wildman–Crippen LogP) is 2.11. The molecule has 1 N–H and O–H groups in total. The Kier molecular flexibility index (Phi) is 2.73. The maximum absolute atomic E-state index is 11.6. The van der Waals surface area contributed by atoms with Gasteiger partial charge in [0.25, 0.3) is 0 Å². The third-order valence-electron chi connectivity index (χ3n) is 2.68. The normalized spacial score (nSPS) is 18.7. The van der Waals surface area contributed by atoms with Crippen LogP contribution in [-0.2, 0) is 4.74 Å². The number of esters is 1. The number of hydrogen-bond donors (Lipinski definition) is 1. The van der Waals surface area contributed by atoms with Gasteiger partial charge in [0.2, 0.25) is 5.79 Å². The molecule has 0 amide bonds. The fraction of sp³-hybridized carbons (Fsp3) is 0.417. The molecule has 1 aliphatic rings. The van der Waals surface area contributed by atoms with Gasteiger partial charge < -0.3 is 9.84 Å². The van der Waals surface area contributed by atoms with Crippen molar-refractivity contribution < 1.29 is 14.6 Å². The van der Waals surface area contributed by atoms with Crippen LogP contribution in [0.25, 0.3) is 0 Å². The highest BCUT2D eigenvalue weighted by Gasteiger charge is 2.35. The topological polar surface area (TPSA) is 46.5 Å². The Balaban J connectivity index is 2.04. The van der Waals surface area contributed by atoms with Gasteiger partial charge in [-0.25, -0.2) is 4.79 Å². The van der Waals surface area contributed by atoms with E-state index in [1.807, 2.05) is 6.07 Å². The molecule has 0 aliphatic heterocycles. The summed E-state index contributed by atoms with van der Waals surface area (Å²) in [7, 11) is 0. The highest BCUT2D eigenvalue weighted by atomic mass is 16.7. The zero-order valence-electron chi connectivity index (χ0n) is 8.48. The first-order chi connectivity index (χ1) is 7.20. The minimum atomic E-state index is -1.23. The molecule has 0 aromatic heterocycles. The highest BCUT2D eigenvalue weighted by Crippen LogP contribution is 2.31. The first kappa shape index (κ1) is 10.2. The molecule has 0 unspecified atom stereocenters. The van der Waals surface area contributed by atoms with E-state index in [0.717, 1.165) is 12.8 Å². The molecular weight excluding hydrogens is 192 g/mol. The summed E-state index contributed by atoms with van der Waals surface area (Å²) in [4.78, 5) is 11.6. The quantitative estimate of drug-likeness (QED) is 0.595. The number of hydrogen-bond acceptors (Lipinski definition) is 3. The first-order valence-electron chi connectivity index (χ1n) is 5.20. The Morgan fingerprint density at radius 3 is 2.40 bits per heavy atom. The van der Waals surface area contributed by atoms with Gasteiger partial charge in [-0.15, -0.1) is 0 Å². The summed E-state index contributed by atoms with van der Waals surface area (Å²) in [6.45, 7) is 0. The molecule has 1 saturated carbocycles. The lowest BCUT2D eigenvalue weighted by molar-refractivity contribution is -0.158. The Labute approximate surface area is 88.7 Å². The molecule has 3 heteroatoms. The number of ether oxygens (including phenoxy) is 1. The van der Waals surface area contributed by atoms with E-state index in [-0.39, 0.29) is 0 Å². The van der Waals surface area contributed by atoms with Crippen LogP contribution in [0.4, 0.5) is 0 Å². The van der Waals surface area contributed by atoms with Crippen LogP contribution in [0.5, 0.6) is 0 Å². The van der Waals surface area contributed by atoms with E-state index in [1.165, 1.54) is 0 Å². The van der Waals surface area contributed by atoms with E-state index in [4.69, 9.17) is 4.74 Å². The van der Waals surface area contributed by atoms with Crippen LogP contribution in [0.3, 0.4) is 0 Å². The third kappa shape index (κ3) is 2.36. The molecule has 0 saturated heterocycles. The van der Waals surface area contributed by atoms with Crippen molar-refractivity contribution in [3.8, 4) is 0 Å². The van der Waals surface area contributed by atoms with Crippen LogP contribution in [-0.4, -0.2) is 16.9 Å². The molecule has 15 heavy (non-hydrogen) atoms. The van der Waals surface area contributed by atoms with Crippen molar-refractivity contribution in [3.63, 3.8) is 0 Å². The summed E-state index contributed by atoms with van der Waals surface area (Å²) in [5.74, 6) is -1.67. The Hall–Kier alpha value is -1.35. The molecular formula is C12H14O3. The Morgan fingerprint density at radius 1 is 1.20 bits per heavy atom. The number of carbonyl (C=O) groups is 1. The van der Waals surface area contributed by atoms with Crippen molar-refractivity contribution >= 4 is 5.97 Å². The van der Waals surface area contributed by atoms with E-state index in [2.05, 4.69) is 0 Å². The molecule has 1 aromatic rings. The zero-order valence-corrected chi connectivity index (χ0v) is 8.48. The lowest BCUT2D eigenvalue weighted by Gasteiger charge is -2.22. The average Bonchev–Trinajstić information content (AvgIpc) is 2.66. The second kappa shape index (κ2) is 4.03. The fourth-order valence-electron chi connectivity index (χ4n) is 1.84. The van der Waals surface area contributed by atoms with Gasteiger partial charge in [-0.2, -0.15) is 0 Å². The minimum absolute atomic E-state index is 0.444. The zero-order chi connectivity index (χ0) is 10.7. The van der Waals surface area contributed by atoms with Gasteiger partial charge in [-0.3, -0.25) is 0 Å². The monoisotopic (exact) mass is 206 g/mol. The average molecular weight is 206 g/mol. The van der Waals surface area contributed by atoms with Crippen LogP contribution >= 0.6 is 0 Å². The van der Waals surface area contributed by atoms with Gasteiger partial charge >= 0.3 is 5.97 Å². The van der Waals surface area contributed by atoms with Gasteiger partial charge in [0, 0.05) is 12.8 Å². The Morgan fingerprint density at radius 2 is 1.80 bits per heavy atom. The van der Waals surface area contributed by atoms with Crippen LogP contribution in [0, 0.1) is 0 Å². The summed E-state index contributed by atoms with van der Waals surface area (Å²) >= 11 is 0. The van der Waals surface area contributed by atoms with Crippen molar-refractivity contribution in [2.45, 2.75) is 31.5 Å². The van der Waals surface area contributed by atoms with E-state index >= 15 is 0 Å². The number of aliphatic hydroxyl groups is 1. The second-order valence-electron chi connectivity index (χ2n) is 3.91. The number of carbonyl (C=O) groups excluding carboxylic acids is 1. The molecule has 1 fully saturated rings. The molecule has 2 rings (SSSR count). The van der Waals surface area contributed by atoms with E-state index in [9.17, 15) is 9.90 Å². The molecule has 1 aliphatic carbocycles. The lowest BCUT2D eigenvalue weighted by Crippen LogP contribution is -2.31. The third-order valence-corrected chi connectivity index (χ3v) is 2.68. The Bertz CT molecular complexity index is 339. The van der Waals surface area contributed by atoms with Crippen LogP contribution < -0.4 is 0 Å². The molecule has 0 spiro atoms. The van der Waals surface area contributed by atoms with E-state index < -0.39 is 11.8 Å². The highest BCUT2D eigenvalue weighted by molar-refractivity contribution is 5.89. The van der Waals surface area contributed by atoms with Crippen molar-refractivity contribution in [1.82, 2.24) is 0 Å². The van der Waals surface area contributed by atoms with Crippen molar-refractivity contribution in [3.05, 3.63) is 35.9 Å². The summed E-state index contributed by atoms with van der Waals surface area (Å²) in [5, 5.41) is 9.88. The molecule has 0 radical (unpaired) electrons. The summed E-state index contributed by atoms with van der Waals surface area (Å²) in [6.07, 6.45) is 2.92. The minimum Gasteiger partial charge on any atom is -0.430 e. The van der Waals surface area contributed by atoms with Crippen LogP contribution in [0.2, 0.25) is 0 Å². The molecule has 0 atom stereocenters. The molecule has 1 aromatic carbocycles. The molecule has 0 heterocycles. The number of rotatable bonds is 2. The molecule has 0 bridgehead atoms. The summed E-state index contributed by atoms with van der Waals surface area (Å²) in [6, 6.07) is 8.74. The van der Waals surface area contributed by atoms with Crippen LogP contribution in [0.15, 0.2) is 30.3 Å². The van der Waals surface area contributed by atoms with Gasteiger partial charge in [-0.05, 0) is 25.0 Å². The smallest absolute Gasteiger partial charge is 0.340 e. The SMILES string of the molecule is O=C(OC1(O)CCCC1)c1ccccc1. The fourth-order valence-corrected chi connectivity index (χ4v) is 1.84. The molecule has 3 nitrogen and oxygen atoms in total. The maximum Gasteiger partial charge on any atom is 0.340 e. The second-order valence-corrected chi connectivity index (χ2v) is 3.91.